The number of rotatable bonds is 3. The average molecular weight is 282 g/mol. The molecule has 0 bridgehead atoms. The fourth-order valence-corrected chi connectivity index (χ4v) is 1.48. The minimum atomic E-state index is -1.56. The number of halogens is 2. The van der Waals surface area contributed by atoms with Crippen molar-refractivity contribution < 1.29 is 23.5 Å². The molecule has 1 heterocycles. The number of nitrogens with one attached hydrogen (secondary N) is 2. The molecule has 3 N–H and O–H groups in total. The molecule has 9 heteroatoms. The first-order valence-corrected chi connectivity index (χ1v) is 5.31. The Kier molecular flexibility index (Phi) is 3.42. The number of aromatic amines is 1. The average Bonchev–Trinajstić information content (AvgIpc) is 2.77. The van der Waals surface area contributed by atoms with Crippen molar-refractivity contribution in [3.63, 3.8) is 0 Å². The zero-order valence-electron chi connectivity index (χ0n) is 10.1. The SMILES string of the molecule is Cc1nc(NC(=O)c2cc(F)c(F)cc2C(=O)O)n[nH]1. The van der Waals surface area contributed by atoms with Crippen LogP contribution in [0.2, 0.25) is 0 Å². The number of carbonyl (C=O) groups is 2. The van der Waals surface area contributed by atoms with E-state index in [1.807, 2.05) is 0 Å². The Labute approximate surface area is 110 Å². The van der Waals surface area contributed by atoms with Gasteiger partial charge in [0.1, 0.15) is 5.82 Å². The molecule has 0 aliphatic carbocycles. The van der Waals surface area contributed by atoms with Crippen LogP contribution in [-0.2, 0) is 0 Å². The number of carboxylic acids is 1. The fraction of sp³-hybridized carbons (Fsp3) is 0.0909. The number of hydrogen-bond acceptors (Lipinski definition) is 4. The van der Waals surface area contributed by atoms with Gasteiger partial charge in [-0.3, -0.25) is 15.2 Å². The van der Waals surface area contributed by atoms with E-state index in [0.29, 0.717) is 18.0 Å². The summed E-state index contributed by atoms with van der Waals surface area (Å²) in [5.74, 6) is -4.88. The fourth-order valence-electron chi connectivity index (χ4n) is 1.48. The van der Waals surface area contributed by atoms with Gasteiger partial charge in [0.15, 0.2) is 11.6 Å². The highest BCUT2D eigenvalue weighted by atomic mass is 19.2. The van der Waals surface area contributed by atoms with Crippen molar-refractivity contribution in [2.45, 2.75) is 6.92 Å². The third kappa shape index (κ3) is 2.60. The quantitative estimate of drug-likeness (QED) is 0.787. The highest BCUT2D eigenvalue weighted by Gasteiger charge is 2.21. The van der Waals surface area contributed by atoms with Crippen LogP contribution >= 0.6 is 0 Å². The van der Waals surface area contributed by atoms with Crippen molar-refractivity contribution in [2.24, 2.45) is 0 Å². The molecule has 0 unspecified atom stereocenters. The number of carboxylic acid groups (broad SMARTS) is 1. The van der Waals surface area contributed by atoms with Crippen LogP contribution in [0.15, 0.2) is 12.1 Å². The second-order valence-electron chi connectivity index (χ2n) is 3.82. The van der Waals surface area contributed by atoms with Crippen molar-refractivity contribution >= 4 is 17.8 Å². The molecule has 1 aromatic carbocycles. The molecule has 0 atom stereocenters. The standard InChI is InChI=1S/C11H8F2N4O3/c1-4-14-11(17-16-4)15-9(18)5-2-7(12)8(13)3-6(5)10(19)20/h2-3H,1H3,(H,19,20)(H2,14,15,16,17,18). The van der Waals surface area contributed by atoms with E-state index in [2.05, 4.69) is 20.5 Å². The van der Waals surface area contributed by atoms with Crippen LogP contribution < -0.4 is 5.32 Å². The van der Waals surface area contributed by atoms with E-state index >= 15 is 0 Å². The van der Waals surface area contributed by atoms with E-state index < -0.39 is 34.6 Å². The second-order valence-corrected chi connectivity index (χ2v) is 3.82. The molecule has 0 saturated carbocycles. The van der Waals surface area contributed by atoms with Gasteiger partial charge in [0.2, 0.25) is 5.95 Å². The Hall–Kier alpha value is -2.84. The molecule has 1 aromatic heterocycles. The topological polar surface area (TPSA) is 108 Å². The zero-order valence-corrected chi connectivity index (χ0v) is 10.1. The number of hydrogen-bond donors (Lipinski definition) is 3. The molecule has 1 amide bonds. The maximum atomic E-state index is 13.1. The summed E-state index contributed by atoms with van der Waals surface area (Å²) in [4.78, 5) is 26.6. The molecule has 7 nitrogen and oxygen atoms in total. The Morgan fingerprint density at radius 3 is 2.35 bits per heavy atom. The maximum absolute atomic E-state index is 13.1. The molecule has 104 valence electrons. The first kappa shape index (κ1) is 13.6. The van der Waals surface area contributed by atoms with Gasteiger partial charge >= 0.3 is 5.97 Å². The number of H-pyrrole nitrogens is 1. The molecule has 0 aliphatic heterocycles. The third-order valence-corrected chi connectivity index (χ3v) is 2.36. The van der Waals surface area contributed by atoms with Gasteiger partial charge in [-0.25, -0.2) is 13.6 Å². The normalized spacial score (nSPS) is 10.3. The third-order valence-electron chi connectivity index (χ3n) is 2.36. The summed E-state index contributed by atoms with van der Waals surface area (Å²) >= 11 is 0. The van der Waals surface area contributed by atoms with Gasteiger partial charge in [-0.05, 0) is 19.1 Å². The van der Waals surface area contributed by atoms with Gasteiger partial charge in [0.25, 0.3) is 5.91 Å². The largest absolute Gasteiger partial charge is 0.478 e. The summed E-state index contributed by atoms with van der Waals surface area (Å²) in [7, 11) is 0. The molecule has 2 rings (SSSR count). The Balaban J connectivity index is 2.38. The van der Waals surface area contributed by atoms with E-state index in [9.17, 15) is 18.4 Å². The highest BCUT2D eigenvalue weighted by molar-refractivity contribution is 6.10. The van der Waals surface area contributed by atoms with E-state index in [1.54, 1.807) is 6.92 Å². The number of aryl methyl sites for hydroxylation is 1. The van der Waals surface area contributed by atoms with Crippen molar-refractivity contribution in [3.05, 3.63) is 40.7 Å². The van der Waals surface area contributed by atoms with Crippen LogP contribution in [0, 0.1) is 18.6 Å². The van der Waals surface area contributed by atoms with Crippen molar-refractivity contribution in [2.75, 3.05) is 5.32 Å². The molecular formula is C11H8F2N4O3. The molecule has 0 saturated heterocycles. The van der Waals surface area contributed by atoms with Gasteiger partial charge in [0.05, 0.1) is 11.1 Å². The molecule has 0 radical (unpaired) electrons. The van der Waals surface area contributed by atoms with Gasteiger partial charge in [-0.2, -0.15) is 4.98 Å². The highest BCUT2D eigenvalue weighted by Crippen LogP contribution is 2.16. The molecule has 2 aromatic rings. The summed E-state index contributed by atoms with van der Waals surface area (Å²) in [6.07, 6.45) is 0. The molecule has 20 heavy (non-hydrogen) atoms. The lowest BCUT2D eigenvalue weighted by Gasteiger charge is -2.06. The summed E-state index contributed by atoms with van der Waals surface area (Å²) < 4.78 is 26.2. The van der Waals surface area contributed by atoms with E-state index in [0.717, 1.165) is 0 Å². The molecule has 0 aliphatic rings. The predicted molar refractivity (Wildman–Crippen MR) is 62.4 cm³/mol. The van der Waals surface area contributed by atoms with Crippen LogP contribution in [0.1, 0.15) is 26.5 Å². The van der Waals surface area contributed by atoms with E-state index in [4.69, 9.17) is 5.11 Å². The Bertz CT molecular complexity index is 699. The van der Waals surface area contributed by atoms with Crippen LogP contribution in [0.3, 0.4) is 0 Å². The smallest absolute Gasteiger partial charge is 0.336 e. The summed E-state index contributed by atoms with van der Waals surface area (Å²) in [6.45, 7) is 1.59. The molecular weight excluding hydrogens is 274 g/mol. The van der Waals surface area contributed by atoms with E-state index in [1.165, 1.54) is 0 Å². The van der Waals surface area contributed by atoms with Gasteiger partial charge in [-0.1, -0.05) is 0 Å². The summed E-state index contributed by atoms with van der Waals surface area (Å²) in [5, 5.41) is 17.1. The number of benzene rings is 1. The maximum Gasteiger partial charge on any atom is 0.336 e. The lowest BCUT2D eigenvalue weighted by atomic mass is 10.1. The van der Waals surface area contributed by atoms with Crippen LogP contribution in [0.25, 0.3) is 0 Å². The van der Waals surface area contributed by atoms with Crippen LogP contribution in [-0.4, -0.2) is 32.2 Å². The van der Waals surface area contributed by atoms with Crippen molar-refractivity contribution in [3.8, 4) is 0 Å². The summed E-state index contributed by atoms with van der Waals surface area (Å²) in [5.41, 5.74) is -1.19. The zero-order chi connectivity index (χ0) is 14.9. The number of anilines is 1. The van der Waals surface area contributed by atoms with E-state index in [-0.39, 0.29) is 5.95 Å². The summed E-state index contributed by atoms with van der Waals surface area (Å²) in [6, 6.07) is 0.948. The minimum Gasteiger partial charge on any atom is -0.478 e. The first-order chi connectivity index (χ1) is 9.38. The molecule has 0 fully saturated rings. The van der Waals surface area contributed by atoms with Crippen molar-refractivity contribution in [1.29, 1.82) is 0 Å². The first-order valence-electron chi connectivity index (χ1n) is 5.31. The van der Waals surface area contributed by atoms with Gasteiger partial charge in [0, 0.05) is 0 Å². The number of amides is 1. The lowest BCUT2D eigenvalue weighted by Crippen LogP contribution is -2.18. The second kappa shape index (κ2) is 5.03. The molecule has 0 spiro atoms. The van der Waals surface area contributed by atoms with Gasteiger partial charge in [-0.15, -0.1) is 5.10 Å². The minimum absolute atomic E-state index is 0.103. The Morgan fingerprint density at radius 2 is 1.85 bits per heavy atom. The van der Waals surface area contributed by atoms with Crippen molar-refractivity contribution in [1.82, 2.24) is 15.2 Å². The monoisotopic (exact) mass is 282 g/mol. The number of aromatic carboxylic acids is 1. The van der Waals surface area contributed by atoms with Crippen LogP contribution in [0.4, 0.5) is 14.7 Å². The number of aromatic nitrogens is 3. The predicted octanol–water partition coefficient (Wildman–Crippen LogP) is 1.34. The Morgan fingerprint density at radius 1 is 1.25 bits per heavy atom. The lowest BCUT2D eigenvalue weighted by molar-refractivity contribution is 0.0691. The number of carbonyl (C=O) groups excluding carboxylic acids is 1. The van der Waals surface area contributed by atoms with Gasteiger partial charge < -0.3 is 5.11 Å². The van der Waals surface area contributed by atoms with Crippen LogP contribution in [0.5, 0.6) is 0 Å². The number of nitrogens with zero attached hydrogens (tertiary/aromatic N) is 2.